The van der Waals surface area contributed by atoms with Gasteiger partial charge in [0.25, 0.3) is 5.91 Å². The molecule has 0 saturated heterocycles. The molecule has 1 atom stereocenters. The second kappa shape index (κ2) is 8.11. The van der Waals surface area contributed by atoms with Gasteiger partial charge in [-0.3, -0.25) is 14.4 Å². The fourth-order valence-corrected chi connectivity index (χ4v) is 3.12. The van der Waals surface area contributed by atoms with Gasteiger partial charge in [0.1, 0.15) is 6.04 Å². The van der Waals surface area contributed by atoms with E-state index in [4.69, 9.17) is 0 Å². The van der Waals surface area contributed by atoms with Crippen molar-refractivity contribution in [3.05, 3.63) is 54.1 Å². The molecule has 0 saturated carbocycles. The number of benzene rings is 2. The van der Waals surface area contributed by atoms with Gasteiger partial charge in [-0.1, -0.05) is 12.1 Å². The van der Waals surface area contributed by atoms with Crippen LogP contribution in [0.3, 0.4) is 0 Å². The van der Waals surface area contributed by atoms with Gasteiger partial charge in [0, 0.05) is 17.7 Å². The number of hydrogen-bond donors (Lipinski definition) is 3. The van der Waals surface area contributed by atoms with Gasteiger partial charge in [0.05, 0.1) is 18.3 Å². The predicted octanol–water partition coefficient (Wildman–Crippen LogP) is 1.35. The SMILES string of the molecule is Cn1nnc(-c2ccc(NC(=O)CCC3NC(=O)c4ccccc4NC3=O)cc2)n1. The third-order valence-electron chi connectivity index (χ3n) is 4.65. The van der Waals surface area contributed by atoms with Crippen LogP contribution in [0.15, 0.2) is 48.5 Å². The van der Waals surface area contributed by atoms with Crippen LogP contribution in [0, 0.1) is 0 Å². The Balaban J connectivity index is 1.33. The van der Waals surface area contributed by atoms with Gasteiger partial charge in [0.15, 0.2) is 0 Å². The van der Waals surface area contributed by atoms with Crippen molar-refractivity contribution in [2.75, 3.05) is 10.6 Å². The number of anilines is 2. The molecule has 1 aliphatic rings. The van der Waals surface area contributed by atoms with E-state index in [-0.39, 0.29) is 30.6 Å². The lowest BCUT2D eigenvalue weighted by Gasteiger charge is -2.14. The monoisotopic (exact) mass is 405 g/mol. The van der Waals surface area contributed by atoms with Crippen molar-refractivity contribution in [1.29, 1.82) is 0 Å². The maximum atomic E-state index is 12.4. The van der Waals surface area contributed by atoms with Gasteiger partial charge in [-0.05, 0) is 48.0 Å². The molecule has 0 bridgehead atoms. The van der Waals surface area contributed by atoms with Crippen LogP contribution in [0.1, 0.15) is 23.2 Å². The maximum Gasteiger partial charge on any atom is 0.254 e. The van der Waals surface area contributed by atoms with Crippen molar-refractivity contribution in [2.45, 2.75) is 18.9 Å². The highest BCUT2D eigenvalue weighted by atomic mass is 16.2. The minimum Gasteiger partial charge on any atom is -0.340 e. The minimum absolute atomic E-state index is 0.0716. The van der Waals surface area contributed by atoms with E-state index in [9.17, 15) is 14.4 Å². The first-order valence-electron chi connectivity index (χ1n) is 9.34. The summed E-state index contributed by atoms with van der Waals surface area (Å²) < 4.78 is 0. The maximum absolute atomic E-state index is 12.4. The molecular formula is C20H19N7O3. The largest absolute Gasteiger partial charge is 0.340 e. The lowest BCUT2D eigenvalue weighted by atomic mass is 10.1. The normalized spacial score (nSPS) is 15.6. The van der Waals surface area contributed by atoms with Crippen LogP contribution in [0.2, 0.25) is 0 Å². The summed E-state index contributed by atoms with van der Waals surface area (Å²) in [5.74, 6) is -0.458. The molecule has 3 N–H and O–H groups in total. The van der Waals surface area contributed by atoms with Crippen LogP contribution in [-0.4, -0.2) is 44.0 Å². The quantitative estimate of drug-likeness (QED) is 0.587. The van der Waals surface area contributed by atoms with Gasteiger partial charge in [0.2, 0.25) is 17.6 Å². The summed E-state index contributed by atoms with van der Waals surface area (Å²) in [6.45, 7) is 0. The van der Waals surface area contributed by atoms with Crippen molar-refractivity contribution in [2.24, 2.45) is 7.05 Å². The summed E-state index contributed by atoms with van der Waals surface area (Å²) >= 11 is 0. The van der Waals surface area contributed by atoms with Gasteiger partial charge in [-0.15, -0.1) is 10.2 Å². The van der Waals surface area contributed by atoms with E-state index < -0.39 is 6.04 Å². The highest BCUT2D eigenvalue weighted by Crippen LogP contribution is 2.20. The smallest absolute Gasteiger partial charge is 0.254 e. The van der Waals surface area contributed by atoms with Crippen LogP contribution in [0.5, 0.6) is 0 Å². The number of amides is 3. The van der Waals surface area contributed by atoms with Crippen LogP contribution < -0.4 is 16.0 Å². The van der Waals surface area contributed by atoms with E-state index in [1.807, 2.05) is 0 Å². The molecule has 0 aliphatic carbocycles. The lowest BCUT2D eigenvalue weighted by molar-refractivity contribution is -0.118. The summed E-state index contributed by atoms with van der Waals surface area (Å²) in [4.78, 5) is 38.4. The molecule has 2 heterocycles. The third kappa shape index (κ3) is 4.17. The standard InChI is InChI=1S/C20H19N7O3/c1-27-25-18(24-26-27)12-6-8-13(9-7-12)21-17(28)11-10-16-20(30)22-15-5-3-2-4-14(15)19(29)23-16/h2-9,16H,10-11H2,1H3,(H,21,28)(H,22,30)(H,23,29). The highest BCUT2D eigenvalue weighted by Gasteiger charge is 2.27. The third-order valence-corrected chi connectivity index (χ3v) is 4.65. The molecule has 10 heteroatoms. The molecule has 152 valence electrons. The number of fused-ring (bicyclic) bond motifs is 1. The number of para-hydroxylation sites is 1. The Kier molecular flexibility index (Phi) is 5.21. The summed E-state index contributed by atoms with van der Waals surface area (Å²) in [5.41, 5.74) is 2.24. The topological polar surface area (TPSA) is 131 Å². The second-order valence-electron chi connectivity index (χ2n) is 6.83. The van der Waals surface area contributed by atoms with Crippen molar-refractivity contribution < 1.29 is 14.4 Å². The zero-order valence-corrected chi connectivity index (χ0v) is 16.1. The Morgan fingerprint density at radius 2 is 1.90 bits per heavy atom. The molecule has 0 spiro atoms. The molecule has 1 unspecified atom stereocenters. The lowest BCUT2D eigenvalue weighted by Crippen LogP contribution is -2.41. The Labute approximate surface area is 171 Å². The van der Waals surface area contributed by atoms with Gasteiger partial charge in [-0.2, -0.15) is 4.80 Å². The zero-order chi connectivity index (χ0) is 21.1. The van der Waals surface area contributed by atoms with Crippen molar-refractivity contribution in [1.82, 2.24) is 25.5 Å². The number of carbonyl (C=O) groups is 3. The zero-order valence-electron chi connectivity index (χ0n) is 16.1. The van der Waals surface area contributed by atoms with E-state index >= 15 is 0 Å². The summed E-state index contributed by atoms with van der Waals surface area (Å²) in [5, 5.41) is 20.0. The van der Waals surface area contributed by atoms with E-state index in [0.717, 1.165) is 5.56 Å². The molecule has 0 radical (unpaired) electrons. The average Bonchev–Trinajstić information content (AvgIpc) is 3.13. The second-order valence-corrected chi connectivity index (χ2v) is 6.83. The molecular weight excluding hydrogens is 386 g/mol. The Bertz CT molecular complexity index is 1110. The fraction of sp³-hybridized carbons (Fsp3) is 0.200. The van der Waals surface area contributed by atoms with Gasteiger partial charge in [-0.25, -0.2) is 0 Å². The van der Waals surface area contributed by atoms with E-state index in [1.54, 1.807) is 55.6 Å². The Morgan fingerprint density at radius 3 is 2.63 bits per heavy atom. The molecule has 4 rings (SSSR count). The van der Waals surface area contributed by atoms with Crippen LogP contribution in [0.4, 0.5) is 11.4 Å². The number of tetrazole rings is 1. The van der Waals surface area contributed by atoms with Crippen LogP contribution >= 0.6 is 0 Å². The minimum atomic E-state index is -0.791. The van der Waals surface area contributed by atoms with Crippen LogP contribution in [-0.2, 0) is 16.6 Å². The predicted molar refractivity (Wildman–Crippen MR) is 108 cm³/mol. The first kappa shape index (κ1) is 19.2. The number of carbonyl (C=O) groups excluding carboxylic acids is 3. The van der Waals surface area contributed by atoms with E-state index in [0.29, 0.717) is 22.8 Å². The Hall–Kier alpha value is -4.08. The van der Waals surface area contributed by atoms with Gasteiger partial charge >= 0.3 is 0 Å². The van der Waals surface area contributed by atoms with E-state index in [1.165, 1.54) is 4.80 Å². The average molecular weight is 405 g/mol. The molecule has 1 aromatic heterocycles. The summed E-state index contributed by atoms with van der Waals surface area (Å²) in [6, 6.07) is 13.0. The first-order chi connectivity index (χ1) is 14.5. The Morgan fingerprint density at radius 1 is 1.13 bits per heavy atom. The number of nitrogens with one attached hydrogen (secondary N) is 3. The molecule has 30 heavy (non-hydrogen) atoms. The summed E-state index contributed by atoms with van der Waals surface area (Å²) in [7, 11) is 1.68. The fourth-order valence-electron chi connectivity index (χ4n) is 3.12. The summed E-state index contributed by atoms with van der Waals surface area (Å²) in [6.07, 6.45) is 0.251. The van der Waals surface area contributed by atoms with Gasteiger partial charge < -0.3 is 16.0 Å². The number of aromatic nitrogens is 4. The molecule has 3 amide bonds. The number of nitrogens with zero attached hydrogens (tertiary/aromatic N) is 4. The molecule has 0 fully saturated rings. The number of rotatable bonds is 5. The van der Waals surface area contributed by atoms with Crippen molar-refractivity contribution in [3.63, 3.8) is 0 Å². The molecule has 3 aromatic rings. The van der Waals surface area contributed by atoms with Crippen molar-refractivity contribution in [3.8, 4) is 11.4 Å². The highest BCUT2D eigenvalue weighted by molar-refractivity contribution is 6.10. The molecule has 10 nitrogen and oxygen atoms in total. The number of hydrogen-bond acceptors (Lipinski definition) is 6. The van der Waals surface area contributed by atoms with E-state index in [2.05, 4.69) is 31.4 Å². The molecule has 1 aliphatic heterocycles. The molecule has 2 aromatic carbocycles. The van der Waals surface area contributed by atoms with Crippen molar-refractivity contribution >= 4 is 29.1 Å². The van der Waals surface area contributed by atoms with Crippen LogP contribution in [0.25, 0.3) is 11.4 Å². The number of aryl methyl sites for hydroxylation is 1. The first-order valence-corrected chi connectivity index (χ1v) is 9.34.